The molecule has 0 aliphatic rings. The Kier molecular flexibility index (Phi) is 4.22. The molecule has 0 spiro atoms. The molecule has 0 amide bonds. The third-order valence-electron chi connectivity index (χ3n) is 1.28. The number of aromatic amines is 3. The van der Waals surface area contributed by atoms with Crippen molar-refractivity contribution in [2.45, 2.75) is 0 Å². The third kappa shape index (κ3) is 2.13. The number of aromatic nitrogens is 4. The molecule has 3 N–H and O–H groups in total. The van der Waals surface area contributed by atoms with Gasteiger partial charge in [-0.1, -0.05) is 11.7 Å². The molecule has 0 fully saturated rings. The predicted molar refractivity (Wildman–Crippen MR) is 42.6 cm³/mol. The van der Waals surface area contributed by atoms with Gasteiger partial charge >= 0.3 is 5.69 Å². The van der Waals surface area contributed by atoms with Crippen molar-refractivity contribution in [3.8, 4) is 0 Å². The van der Waals surface area contributed by atoms with Crippen molar-refractivity contribution in [2.75, 3.05) is 0 Å². The monoisotopic (exact) mass is 255 g/mol. The van der Waals surface area contributed by atoms with Crippen LogP contribution in [0.2, 0.25) is 0 Å². The maximum Gasteiger partial charge on any atom is 0.322 e. The van der Waals surface area contributed by atoms with E-state index in [2.05, 4.69) is 21.4 Å². The van der Waals surface area contributed by atoms with Gasteiger partial charge in [0.1, 0.15) is 0 Å². The second-order valence-electron chi connectivity index (χ2n) is 1.99. The first-order valence-electron chi connectivity index (χ1n) is 2.86. The molecule has 13 heavy (non-hydrogen) atoms. The standard InChI is InChI=1S/C5H3N4O2.CH3.Y/c10-4-3-2(1-6-9-3)7-5(11)8-4;;/h(H,6,9)(H2,7,8,10,11);1H3;/q2*-1;. The van der Waals surface area contributed by atoms with Crippen LogP contribution in [0.15, 0.2) is 9.59 Å². The fourth-order valence-electron chi connectivity index (χ4n) is 0.817. The van der Waals surface area contributed by atoms with Crippen molar-refractivity contribution in [2.24, 2.45) is 0 Å². The summed E-state index contributed by atoms with van der Waals surface area (Å²) in [7, 11) is 0. The van der Waals surface area contributed by atoms with E-state index in [9.17, 15) is 9.59 Å². The molecular formula is C6H6N4O2Y-2. The van der Waals surface area contributed by atoms with Crippen molar-refractivity contribution in [3.63, 3.8) is 0 Å². The van der Waals surface area contributed by atoms with E-state index in [1.54, 1.807) is 0 Å². The van der Waals surface area contributed by atoms with Crippen LogP contribution in [0.5, 0.6) is 0 Å². The van der Waals surface area contributed by atoms with Gasteiger partial charge in [0.2, 0.25) is 0 Å². The molecule has 0 aliphatic carbocycles. The summed E-state index contributed by atoms with van der Waals surface area (Å²) in [6, 6.07) is 0. The zero-order chi connectivity index (χ0) is 7.84. The predicted octanol–water partition coefficient (Wildman–Crippen LogP) is -0.813. The topological polar surface area (TPSA) is 94.4 Å². The average molecular weight is 255 g/mol. The summed E-state index contributed by atoms with van der Waals surface area (Å²) < 4.78 is 0. The molecule has 7 heteroatoms. The number of hydrogen-bond donors (Lipinski definition) is 3. The van der Waals surface area contributed by atoms with Crippen LogP contribution in [0, 0.1) is 13.6 Å². The number of H-pyrrole nitrogens is 3. The van der Waals surface area contributed by atoms with Gasteiger partial charge in [-0.05, 0) is 5.52 Å². The van der Waals surface area contributed by atoms with Crippen molar-refractivity contribution in [1.82, 2.24) is 20.2 Å². The Labute approximate surface area is 98.0 Å². The van der Waals surface area contributed by atoms with Gasteiger partial charge in [0.25, 0.3) is 0 Å². The van der Waals surface area contributed by atoms with Gasteiger partial charge in [-0.25, -0.2) is 4.79 Å². The van der Waals surface area contributed by atoms with E-state index in [0.717, 1.165) is 0 Å². The summed E-state index contributed by atoms with van der Waals surface area (Å²) in [5, 5.41) is 5.86. The minimum absolute atomic E-state index is 0. The smallest absolute Gasteiger partial charge is 0.322 e. The number of rotatable bonds is 0. The summed E-state index contributed by atoms with van der Waals surface area (Å²) >= 11 is 0. The molecule has 0 unspecified atom stereocenters. The van der Waals surface area contributed by atoms with Crippen LogP contribution < -0.4 is 11.2 Å². The van der Waals surface area contributed by atoms with E-state index in [1.165, 1.54) is 0 Å². The van der Waals surface area contributed by atoms with Gasteiger partial charge in [0.15, 0.2) is 5.56 Å². The Bertz CT molecular complexity index is 497. The minimum Gasteiger partial charge on any atom is -0.368 e. The number of fused-ring (bicyclic) bond motifs is 1. The van der Waals surface area contributed by atoms with Crippen LogP contribution >= 0.6 is 0 Å². The SMILES string of the molecule is O=c1[nH]c(=O)c2[nH]n[c-]c2[nH]1.[CH3-].[Y]. The van der Waals surface area contributed by atoms with Gasteiger partial charge in [-0.2, -0.15) is 0 Å². The van der Waals surface area contributed by atoms with Crippen molar-refractivity contribution >= 4 is 11.0 Å². The first-order chi connectivity index (χ1) is 5.27. The number of nitrogens with one attached hydrogen (secondary N) is 3. The molecule has 1 radical (unpaired) electrons. The summed E-state index contributed by atoms with van der Waals surface area (Å²) in [4.78, 5) is 25.9. The van der Waals surface area contributed by atoms with Crippen molar-refractivity contribution < 1.29 is 32.7 Å². The summed E-state index contributed by atoms with van der Waals surface area (Å²) in [6.45, 7) is 0. The summed E-state index contributed by atoms with van der Waals surface area (Å²) in [5.74, 6) is 0. The van der Waals surface area contributed by atoms with E-state index in [4.69, 9.17) is 0 Å². The van der Waals surface area contributed by atoms with Crippen LogP contribution in [0.1, 0.15) is 0 Å². The molecule has 2 aromatic heterocycles. The normalized spacial score (nSPS) is 8.92. The first-order valence-corrected chi connectivity index (χ1v) is 2.86. The Morgan fingerprint density at radius 2 is 1.92 bits per heavy atom. The maximum atomic E-state index is 10.9. The quantitative estimate of drug-likeness (QED) is 0.537. The summed E-state index contributed by atoms with van der Waals surface area (Å²) in [5.41, 5.74) is -0.527. The average Bonchev–Trinajstić information content (AvgIpc) is 2.34. The fraction of sp³-hybridized carbons (Fsp3) is 0. The summed E-state index contributed by atoms with van der Waals surface area (Å²) in [6.07, 6.45) is 2.42. The Hall–Kier alpha value is -0.746. The Balaban J connectivity index is 0.000000720. The van der Waals surface area contributed by atoms with Crippen LogP contribution in [0.4, 0.5) is 0 Å². The molecule has 0 saturated carbocycles. The molecule has 2 rings (SSSR count). The molecule has 0 aliphatic heterocycles. The first kappa shape index (κ1) is 12.3. The van der Waals surface area contributed by atoms with Crippen molar-refractivity contribution in [3.05, 3.63) is 34.5 Å². The minimum atomic E-state index is -0.555. The van der Waals surface area contributed by atoms with E-state index in [-0.39, 0.29) is 45.7 Å². The zero-order valence-electron chi connectivity index (χ0n) is 6.84. The molecule has 6 nitrogen and oxygen atoms in total. The van der Waals surface area contributed by atoms with Gasteiger partial charge < -0.3 is 22.6 Å². The van der Waals surface area contributed by atoms with E-state index in [0.29, 0.717) is 5.52 Å². The van der Waals surface area contributed by atoms with Gasteiger partial charge in [-0.15, -0.1) is 0 Å². The second-order valence-corrected chi connectivity index (χ2v) is 1.99. The second kappa shape index (κ2) is 4.48. The van der Waals surface area contributed by atoms with Crippen LogP contribution in [-0.2, 0) is 32.7 Å². The molecule has 0 bridgehead atoms. The van der Waals surface area contributed by atoms with E-state index in [1.807, 2.05) is 4.98 Å². The molecule has 0 atom stereocenters. The van der Waals surface area contributed by atoms with Gasteiger partial charge in [0, 0.05) is 32.7 Å². The van der Waals surface area contributed by atoms with Gasteiger partial charge in [-0.3, -0.25) is 9.78 Å². The molecule has 0 aromatic carbocycles. The van der Waals surface area contributed by atoms with Crippen LogP contribution in [-0.4, -0.2) is 20.2 Å². The van der Waals surface area contributed by atoms with Crippen molar-refractivity contribution in [1.29, 1.82) is 0 Å². The number of nitrogens with zero attached hydrogens (tertiary/aromatic N) is 1. The Morgan fingerprint density at radius 3 is 2.62 bits per heavy atom. The Morgan fingerprint density at radius 1 is 1.23 bits per heavy atom. The molecule has 0 saturated heterocycles. The molecule has 67 valence electrons. The zero-order valence-corrected chi connectivity index (χ0v) is 9.68. The molecular weight excluding hydrogens is 249 g/mol. The van der Waals surface area contributed by atoms with E-state index < -0.39 is 11.2 Å². The maximum absolute atomic E-state index is 10.9. The van der Waals surface area contributed by atoms with Crippen LogP contribution in [0.25, 0.3) is 11.0 Å². The molecule has 2 heterocycles. The third-order valence-corrected chi connectivity index (χ3v) is 1.28. The van der Waals surface area contributed by atoms with Crippen LogP contribution in [0.3, 0.4) is 0 Å². The molecule has 2 aromatic rings. The number of hydrogen-bond acceptors (Lipinski definition) is 3. The van der Waals surface area contributed by atoms with Gasteiger partial charge in [0.05, 0.1) is 0 Å². The van der Waals surface area contributed by atoms with E-state index >= 15 is 0 Å². The largest absolute Gasteiger partial charge is 0.368 e. The fourth-order valence-corrected chi connectivity index (χ4v) is 0.817.